The van der Waals surface area contributed by atoms with Crippen LogP contribution in [0.15, 0.2) is 30.3 Å². The van der Waals surface area contributed by atoms with Crippen molar-refractivity contribution < 1.29 is 17.9 Å². The van der Waals surface area contributed by atoms with Crippen molar-refractivity contribution >= 4 is 0 Å². The molecule has 0 spiro atoms. The number of hydrogen-bond donors (Lipinski definition) is 1. The molecule has 5 heteroatoms. The highest BCUT2D eigenvalue weighted by Crippen LogP contribution is 2.29. The van der Waals surface area contributed by atoms with E-state index >= 15 is 0 Å². The molecule has 0 bridgehead atoms. The fourth-order valence-electron chi connectivity index (χ4n) is 1.54. The predicted octanol–water partition coefficient (Wildman–Crippen LogP) is 2.24. The van der Waals surface area contributed by atoms with Gasteiger partial charge in [0.2, 0.25) is 6.23 Å². The van der Waals surface area contributed by atoms with E-state index in [2.05, 4.69) is 10.1 Å². The number of hydrogen-bond acceptors (Lipinski definition) is 2. The number of alkyl halides is 3. The van der Waals surface area contributed by atoms with Gasteiger partial charge >= 0.3 is 6.18 Å². The maximum absolute atomic E-state index is 12.3. The number of ether oxygens (including phenoxy) is 1. The highest BCUT2D eigenvalue weighted by atomic mass is 19.4. The van der Waals surface area contributed by atoms with Crippen molar-refractivity contribution in [1.29, 1.82) is 0 Å². The van der Waals surface area contributed by atoms with E-state index in [1.807, 2.05) is 6.07 Å². The van der Waals surface area contributed by atoms with Gasteiger partial charge in [-0.05, 0) is 5.56 Å². The Kier molecular flexibility index (Phi) is 2.67. The molecule has 1 aliphatic heterocycles. The molecule has 82 valence electrons. The van der Waals surface area contributed by atoms with Crippen molar-refractivity contribution in [3.8, 4) is 0 Å². The minimum atomic E-state index is -4.34. The molecule has 1 aromatic carbocycles. The fraction of sp³-hybridized carbons (Fsp3) is 0.400. The largest absolute Gasteiger partial charge is 0.428 e. The summed E-state index contributed by atoms with van der Waals surface area (Å²) in [4.78, 5) is 0. The molecular formula is C10H10F3NO. The predicted molar refractivity (Wildman–Crippen MR) is 48.1 cm³/mol. The van der Waals surface area contributed by atoms with Crippen LogP contribution in [-0.2, 0) is 4.74 Å². The van der Waals surface area contributed by atoms with E-state index in [0.29, 0.717) is 0 Å². The lowest BCUT2D eigenvalue weighted by Gasteiger charge is -2.15. The Morgan fingerprint density at radius 1 is 1.20 bits per heavy atom. The van der Waals surface area contributed by atoms with Gasteiger partial charge in [0.1, 0.15) is 0 Å². The first-order chi connectivity index (χ1) is 7.07. The van der Waals surface area contributed by atoms with Gasteiger partial charge in [-0.2, -0.15) is 13.2 Å². The van der Waals surface area contributed by atoms with Crippen molar-refractivity contribution in [2.24, 2.45) is 0 Å². The molecule has 2 rings (SSSR count). The van der Waals surface area contributed by atoms with Gasteiger partial charge in [0.25, 0.3) is 0 Å². The summed E-state index contributed by atoms with van der Waals surface area (Å²) in [6.45, 7) is 0.0498. The van der Waals surface area contributed by atoms with Crippen LogP contribution in [-0.4, -0.2) is 19.0 Å². The van der Waals surface area contributed by atoms with Crippen molar-refractivity contribution in [2.45, 2.75) is 18.4 Å². The van der Waals surface area contributed by atoms with Crippen LogP contribution in [0.5, 0.6) is 0 Å². The van der Waals surface area contributed by atoms with Gasteiger partial charge in [-0.3, -0.25) is 5.32 Å². The van der Waals surface area contributed by atoms with Gasteiger partial charge in [0.15, 0.2) is 0 Å². The molecule has 1 N–H and O–H groups in total. The third-order valence-electron chi connectivity index (χ3n) is 2.28. The van der Waals surface area contributed by atoms with E-state index in [-0.39, 0.29) is 12.6 Å². The Hall–Kier alpha value is -1.07. The maximum atomic E-state index is 12.3. The molecule has 0 amide bonds. The summed E-state index contributed by atoms with van der Waals surface area (Å²) in [5, 5.41) is 2.40. The normalized spacial score (nSPS) is 26.9. The van der Waals surface area contributed by atoms with E-state index in [9.17, 15) is 13.2 Å². The molecular weight excluding hydrogens is 207 g/mol. The monoisotopic (exact) mass is 217 g/mol. The molecule has 0 saturated carbocycles. The Labute approximate surface area is 85.0 Å². The SMILES string of the molecule is FC(F)(F)C1NC(c2ccccc2)CO1. The highest BCUT2D eigenvalue weighted by molar-refractivity contribution is 5.19. The Morgan fingerprint density at radius 3 is 2.40 bits per heavy atom. The molecule has 15 heavy (non-hydrogen) atoms. The van der Waals surface area contributed by atoms with Gasteiger partial charge in [-0.25, -0.2) is 0 Å². The van der Waals surface area contributed by atoms with Crippen molar-refractivity contribution in [1.82, 2.24) is 5.32 Å². The summed E-state index contributed by atoms with van der Waals surface area (Å²) < 4.78 is 41.4. The second-order valence-electron chi connectivity index (χ2n) is 3.38. The molecule has 1 aromatic rings. The standard InChI is InChI=1S/C10H10F3NO/c11-10(12,13)9-14-8(6-15-9)7-4-2-1-3-5-7/h1-5,8-9,14H,6H2. The first-order valence-corrected chi connectivity index (χ1v) is 4.56. The summed E-state index contributed by atoms with van der Waals surface area (Å²) in [5.74, 6) is 0. The van der Waals surface area contributed by atoms with Crippen molar-refractivity contribution in [3.63, 3.8) is 0 Å². The molecule has 2 unspecified atom stereocenters. The zero-order valence-electron chi connectivity index (χ0n) is 7.79. The molecule has 0 radical (unpaired) electrons. The van der Waals surface area contributed by atoms with Crippen LogP contribution in [0.25, 0.3) is 0 Å². The van der Waals surface area contributed by atoms with Gasteiger partial charge < -0.3 is 4.74 Å². The number of benzene rings is 1. The van der Waals surface area contributed by atoms with E-state index in [1.165, 1.54) is 0 Å². The number of halogens is 3. The Morgan fingerprint density at radius 2 is 1.87 bits per heavy atom. The highest BCUT2D eigenvalue weighted by Gasteiger charge is 2.45. The summed E-state index contributed by atoms with van der Waals surface area (Å²) in [6.07, 6.45) is -6.19. The minimum Gasteiger partial charge on any atom is -0.352 e. The fourth-order valence-corrected chi connectivity index (χ4v) is 1.54. The molecule has 2 atom stereocenters. The van der Waals surface area contributed by atoms with Crippen LogP contribution in [0.3, 0.4) is 0 Å². The van der Waals surface area contributed by atoms with Crippen LogP contribution in [0.2, 0.25) is 0 Å². The van der Waals surface area contributed by atoms with Crippen molar-refractivity contribution in [3.05, 3.63) is 35.9 Å². The average Bonchev–Trinajstić information content (AvgIpc) is 2.67. The number of nitrogens with one attached hydrogen (secondary N) is 1. The van der Waals surface area contributed by atoms with Gasteiger partial charge in [0, 0.05) is 0 Å². The molecule has 1 heterocycles. The van der Waals surface area contributed by atoms with Crippen LogP contribution >= 0.6 is 0 Å². The molecule has 1 fully saturated rings. The zero-order valence-corrected chi connectivity index (χ0v) is 7.79. The maximum Gasteiger partial charge on any atom is 0.428 e. The molecule has 1 aliphatic rings. The summed E-state index contributed by atoms with van der Waals surface area (Å²) in [5.41, 5.74) is 0.809. The van der Waals surface area contributed by atoms with E-state index in [1.54, 1.807) is 24.3 Å². The van der Waals surface area contributed by atoms with E-state index in [0.717, 1.165) is 5.56 Å². The van der Waals surface area contributed by atoms with E-state index in [4.69, 9.17) is 0 Å². The Bertz CT molecular complexity index is 325. The van der Waals surface area contributed by atoms with Gasteiger partial charge in [-0.15, -0.1) is 0 Å². The van der Waals surface area contributed by atoms with Crippen LogP contribution in [0.1, 0.15) is 11.6 Å². The first-order valence-electron chi connectivity index (χ1n) is 4.56. The average molecular weight is 217 g/mol. The third kappa shape index (κ3) is 2.30. The van der Waals surface area contributed by atoms with Gasteiger partial charge in [0.05, 0.1) is 12.6 Å². The first kappa shape index (κ1) is 10.4. The summed E-state index contributed by atoms with van der Waals surface area (Å²) in [6, 6.07) is 8.58. The third-order valence-corrected chi connectivity index (χ3v) is 2.28. The molecule has 0 aromatic heterocycles. The second kappa shape index (κ2) is 3.83. The topological polar surface area (TPSA) is 21.3 Å². The number of rotatable bonds is 1. The lowest BCUT2D eigenvalue weighted by molar-refractivity contribution is -0.212. The van der Waals surface area contributed by atoms with Crippen LogP contribution in [0.4, 0.5) is 13.2 Å². The lowest BCUT2D eigenvalue weighted by Crippen LogP contribution is -2.39. The van der Waals surface area contributed by atoms with Gasteiger partial charge in [-0.1, -0.05) is 30.3 Å². The summed E-state index contributed by atoms with van der Waals surface area (Å²) >= 11 is 0. The second-order valence-corrected chi connectivity index (χ2v) is 3.38. The van der Waals surface area contributed by atoms with Crippen LogP contribution in [0, 0.1) is 0 Å². The van der Waals surface area contributed by atoms with Crippen molar-refractivity contribution in [2.75, 3.05) is 6.61 Å². The summed E-state index contributed by atoms with van der Waals surface area (Å²) in [7, 11) is 0. The Balaban J connectivity index is 2.05. The smallest absolute Gasteiger partial charge is 0.352 e. The quantitative estimate of drug-likeness (QED) is 0.778. The van der Waals surface area contributed by atoms with Crippen LogP contribution < -0.4 is 5.32 Å². The molecule has 2 nitrogen and oxygen atoms in total. The molecule has 1 saturated heterocycles. The zero-order chi connectivity index (χ0) is 10.9. The minimum absolute atomic E-state index is 0.0498. The molecule has 0 aliphatic carbocycles. The van der Waals surface area contributed by atoms with E-state index < -0.39 is 12.4 Å². The lowest BCUT2D eigenvalue weighted by atomic mass is 10.1.